The molecule has 5 nitrogen and oxygen atoms in total. The van der Waals surface area contributed by atoms with Gasteiger partial charge in [-0.1, -0.05) is 0 Å². The first-order chi connectivity index (χ1) is 9.13. The fourth-order valence-corrected chi connectivity index (χ4v) is 3.13. The van der Waals surface area contributed by atoms with E-state index < -0.39 is 0 Å². The molecule has 1 fully saturated rings. The van der Waals surface area contributed by atoms with E-state index in [4.69, 9.17) is 0 Å². The Bertz CT molecular complexity index is 426. The maximum absolute atomic E-state index is 11.9. The summed E-state index contributed by atoms with van der Waals surface area (Å²) in [6.07, 6.45) is 2.27. The highest BCUT2D eigenvalue weighted by Crippen LogP contribution is 2.20. The van der Waals surface area contributed by atoms with E-state index in [1.165, 1.54) is 0 Å². The van der Waals surface area contributed by atoms with Crippen molar-refractivity contribution in [3.63, 3.8) is 0 Å². The molecular formula is C13H20N4OS. The summed E-state index contributed by atoms with van der Waals surface area (Å²) >= 11 is 1.73. The number of thioether (sulfide) groups is 1. The molecule has 1 aromatic rings. The Hall–Kier alpha value is -1.14. The van der Waals surface area contributed by atoms with Crippen LogP contribution in [0, 0.1) is 13.8 Å². The average molecular weight is 280 g/mol. The van der Waals surface area contributed by atoms with Gasteiger partial charge in [0.25, 0.3) is 0 Å². The molecule has 2 N–H and O–H groups in total. The summed E-state index contributed by atoms with van der Waals surface area (Å²) in [6, 6.07) is 1.89. The average Bonchev–Trinajstić information content (AvgIpc) is 2.36. The highest BCUT2D eigenvalue weighted by atomic mass is 32.2. The lowest BCUT2D eigenvalue weighted by atomic mass is 10.2. The zero-order chi connectivity index (χ0) is 13.7. The zero-order valence-corrected chi connectivity index (χ0v) is 12.2. The second-order valence-corrected chi connectivity index (χ2v) is 6.07. The summed E-state index contributed by atoms with van der Waals surface area (Å²) in [5.74, 6) is 0.864. The Balaban J connectivity index is 1.80. The molecule has 1 aromatic heterocycles. The molecule has 0 atom stereocenters. The number of nitrogens with one attached hydrogen (secondary N) is 2. The van der Waals surface area contributed by atoms with Crippen molar-refractivity contribution in [2.24, 2.45) is 0 Å². The monoisotopic (exact) mass is 280 g/mol. The lowest BCUT2D eigenvalue weighted by Crippen LogP contribution is -2.30. The van der Waals surface area contributed by atoms with Gasteiger partial charge in [0.05, 0.1) is 5.75 Å². The van der Waals surface area contributed by atoms with Crippen molar-refractivity contribution >= 4 is 23.6 Å². The van der Waals surface area contributed by atoms with Gasteiger partial charge in [-0.05, 0) is 45.8 Å². The number of aromatic nitrogens is 2. The smallest absolute Gasteiger partial charge is 0.236 e. The van der Waals surface area contributed by atoms with Gasteiger partial charge in [-0.3, -0.25) is 10.1 Å². The molecule has 0 bridgehead atoms. The lowest BCUT2D eigenvalue weighted by Gasteiger charge is -2.21. The van der Waals surface area contributed by atoms with Crippen LogP contribution >= 0.6 is 11.8 Å². The van der Waals surface area contributed by atoms with E-state index >= 15 is 0 Å². The molecule has 19 heavy (non-hydrogen) atoms. The van der Waals surface area contributed by atoms with Crippen LogP contribution in [0.4, 0.5) is 5.95 Å². The van der Waals surface area contributed by atoms with Gasteiger partial charge in [-0.25, -0.2) is 9.97 Å². The van der Waals surface area contributed by atoms with Crippen LogP contribution in [-0.4, -0.2) is 40.0 Å². The number of aryl methyl sites for hydroxylation is 2. The molecule has 1 aliphatic heterocycles. The molecule has 1 amide bonds. The summed E-state index contributed by atoms with van der Waals surface area (Å²) < 4.78 is 0. The predicted octanol–water partition coefficient (Wildman–Crippen LogP) is 1.52. The Kier molecular flexibility index (Phi) is 5.15. The first kappa shape index (κ1) is 14.3. The number of hydrogen-bond acceptors (Lipinski definition) is 5. The topological polar surface area (TPSA) is 66.9 Å². The van der Waals surface area contributed by atoms with E-state index in [2.05, 4.69) is 20.6 Å². The molecule has 104 valence electrons. The molecule has 0 aliphatic carbocycles. The minimum atomic E-state index is -0.0199. The Morgan fingerprint density at radius 3 is 2.63 bits per heavy atom. The van der Waals surface area contributed by atoms with Crippen molar-refractivity contribution in [1.29, 1.82) is 0 Å². The molecule has 1 aliphatic rings. The number of nitrogens with zero attached hydrogens (tertiary/aromatic N) is 2. The van der Waals surface area contributed by atoms with Crippen LogP contribution in [0.3, 0.4) is 0 Å². The Morgan fingerprint density at radius 1 is 1.37 bits per heavy atom. The Morgan fingerprint density at radius 2 is 2.00 bits per heavy atom. The first-order valence-corrected chi connectivity index (χ1v) is 7.63. The minimum absolute atomic E-state index is 0.0199. The second kappa shape index (κ2) is 6.86. The summed E-state index contributed by atoms with van der Waals surface area (Å²) in [7, 11) is 0. The fourth-order valence-electron chi connectivity index (χ4n) is 2.10. The number of carbonyl (C=O) groups excluding carboxylic acids is 1. The van der Waals surface area contributed by atoms with Gasteiger partial charge in [0.2, 0.25) is 11.9 Å². The van der Waals surface area contributed by atoms with E-state index in [9.17, 15) is 4.79 Å². The van der Waals surface area contributed by atoms with Gasteiger partial charge < -0.3 is 5.32 Å². The number of piperidine rings is 1. The van der Waals surface area contributed by atoms with Crippen LogP contribution in [0.1, 0.15) is 24.2 Å². The number of hydrogen-bond donors (Lipinski definition) is 2. The number of amides is 1. The van der Waals surface area contributed by atoms with Gasteiger partial charge in [0, 0.05) is 16.6 Å². The third-order valence-corrected chi connectivity index (χ3v) is 4.34. The maximum Gasteiger partial charge on any atom is 0.236 e. The molecule has 2 rings (SSSR count). The van der Waals surface area contributed by atoms with E-state index in [1.54, 1.807) is 11.8 Å². The van der Waals surface area contributed by atoms with Crippen molar-refractivity contribution in [1.82, 2.24) is 15.3 Å². The molecule has 0 spiro atoms. The maximum atomic E-state index is 11.9. The van der Waals surface area contributed by atoms with Crippen LogP contribution in [-0.2, 0) is 4.79 Å². The second-order valence-electron chi connectivity index (χ2n) is 4.78. The van der Waals surface area contributed by atoms with Gasteiger partial charge >= 0.3 is 0 Å². The van der Waals surface area contributed by atoms with Gasteiger partial charge in [0.15, 0.2) is 0 Å². The first-order valence-electron chi connectivity index (χ1n) is 6.58. The third kappa shape index (κ3) is 4.80. The standard InChI is InChI=1S/C13H20N4OS/c1-9-7-10(2)16-13(15-9)17-12(18)8-19-11-3-5-14-6-4-11/h7,11,14H,3-6,8H2,1-2H3,(H,15,16,17,18). The molecule has 1 saturated heterocycles. The Labute approximate surface area is 118 Å². The van der Waals surface area contributed by atoms with E-state index in [0.29, 0.717) is 17.0 Å². The molecule has 2 heterocycles. The van der Waals surface area contributed by atoms with Crippen molar-refractivity contribution < 1.29 is 4.79 Å². The van der Waals surface area contributed by atoms with Crippen LogP contribution in [0.5, 0.6) is 0 Å². The fraction of sp³-hybridized carbons (Fsp3) is 0.615. The lowest BCUT2D eigenvalue weighted by molar-refractivity contribution is -0.113. The van der Waals surface area contributed by atoms with Crippen molar-refractivity contribution in [2.75, 3.05) is 24.2 Å². The highest BCUT2D eigenvalue weighted by molar-refractivity contribution is 8.00. The largest absolute Gasteiger partial charge is 0.317 e. The van der Waals surface area contributed by atoms with Crippen LogP contribution in [0.25, 0.3) is 0 Å². The molecular weight excluding hydrogens is 260 g/mol. The number of anilines is 1. The van der Waals surface area contributed by atoms with Crippen LogP contribution in [0.2, 0.25) is 0 Å². The van der Waals surface area contributed by atoms with Crippen LogP contribution < -0.4 is 10.6 Å². The molecule has 0 saturated carbocycles. The number of carbonyl (C=O) groups is 1. The zero-order valence-electron chi connectivity index (χ0n) is 11.4. The predicted molar refractivity (Wildman–Crippen MR) is 78.5 cm³/mol. The summed E-state index contributed by atoms with van der Waals surface area (Å²) in [6.45, 7) is 5.90. The van der Waals surface area contributed by atoms with E-state index in [1.807, 2.05) is 19.9 Å². The molecule has 0 unspecified atom stereocenters. The summed E-state index contributed by atoms with van der Waals surface area (Å²) in [5.41, 5.74) is 1.74. The normalized spacial score (nSPS) is 16.3. The van der Waals surface area contributed by atoms with Gasteiger partial charge in [-0.2, -0.15) is 0 Å². The molecule has 6 heteroatoms. The number of rotatable bonds is 4. The van der Waals surface area contributed by atoms with Gasteiger partial charge in [0.1, 0.15) is 0 Å². The SMILES string of the molecule is Cc1cc(C)nc(NC(=O)CSC2CCNCC2)n1. The minimum Gasteiger partial charge on any atom is -0.317 e. The van der Waals surface area contributed by atoms with Crippen molar-refractivity contribution in [3.05, 3.63) is 17.5 Å². The molecule has 0 aromatic carbocycles. The van der Waals surface area contributed by atoms with Crippen molar-refractivity contribution in [3.8, 4) is 0 Å². The van der Waals surface area contributed by atoms with Gasteiger partial charge in [-0.15, -0.1) is 11.8 Å². The quantitative estimate of drug-likeness (QED) is 0.875. The molecule has 0 radical (unpaired) electrons. The highest BCUT2D eigenvalue weighted by Gasteiger charge is 2.15. The van der Waals surface area contributed by atoms with E-state index in [0.717, 1.165) is 37.3 Å². The van der Waals surface area contributed by atoms with Crippen LogP contribution in [0.15, 0.2) is 6.07 Å². The summed E-state index contributed by atoms with van der Waals surface area (Å²) in [5, 5.41) is 6.68. The van der Waals surface area contributed by atoms with E-state index in [-0.39, 0.29) is 5.91 Å². The third-order valence-electron chi connectivity index (χ3n) is 2.97. The van der Waals surface area contributed by atoms with Crippen molar-refractivity contribution in [2.45, 2.75) is 31.9 Å². The summed E-state index contributed by atoms with van der Waals surface area (Å²) in [4.78, 5) is 20.3.